The molecule has 1 aliphatic rings. The van der Waals surface area contributed by atoms with Gasteiger partial charge >= 0.3 is 5.69 Å². The molecule has 0 saturated carbocycles. The van der Waals surface area contributed by atoms with E-state index in [2.05, 4.69) is 4.98 Å². The van der Waals surface area contributed by atoms with Crippen LogP contribution in [0.15, 0.2) is 51.0 Å². The fourth-order valence-corrected chi connectivity index (χ4v) is 5.46. The summed E-state index contributed by atoms with van der Waals surface area (Å²) in [7, 11) is 2.15. The van der Waals surface area contributed by atoms with Crippen molar-refractivity contribution in [1.29, 1.82) is 0 Å². The molecule has 144 valence electrons. The summed E-state index contributed by atoms with van der Waals surface area (Å²) in [5.41, 5.74) is -1.38. The molecule has 0 bridgehead atoms. The number of aromatic nitrogens is 2. The maximum Gasteiger partial charge on any atom is 0.330 e. The number of para-hydroxylation sites is 1. The number of nitrogens with one attached hydrogen (secondary N) is 1. The molecule has 0 radical (unpaired) electrons. The predicted molar refractivity (Wildman–Crippen MR) is 98.7 cm³/mol. The van der Waals surface area contributed by atoms with E-state index >= 15 is 0 Å². The normalized spacial score (nSPS) is 24.8. The molecule has 1 fully saturated rings. The Morgan fingerprint density at radius 2 is 2.04 bits per heavy atom. The highest BCUT2D eigenvalue weighted by atomic mass is 33.1. The SMILES string of the molecule is O=c1ccn([C@@H]2O[C@H](CO)[C@@H](O)C2SSc2ccccc2[N+](=O)[O-])c(=O)[nH]1. The van der Waals surface area contributed by atoms with E-state index in [1.54, 1.807) is 18.2 Å². The second-order valence-electron chi connectivity index (χ2n) is 5.62. The highest BCUT2D eigenvalue weighted by Crippen LogP contribution is 2.47. The number of aliphatic hydroxyl groups is 2. The van der Waals surface area contributed by atoms with Crippen molar-refractivity contribution in [3.05, 3.63) is 67.5 Å². The van der Waals surface area contributed by atoms with Gasteiger partial charge in [-0.3, -0.25) is 24.5 Å². The average Bonchev–Trinajstić information content (AvgIpc) is 2.95. The number of aliphatic hydroxyl groups excluding tert-OH is 2. The smallest absolute Gasteiger partial charge is 0.330 e. The topological polar surface area (TPSA) is 148 Å². The second-order valence-corrected chi connectivity index (χ2v) is 8.05. The van der Waals surface area contributed by atoms with Crippen LogP contribution in [0.1, 0.15) is 6.23 Å². The highest BCUT2D eigenvalue weighted by Gasteiger charge is 2.45. The Kier molecular flexibility index (Phi) is 6.01. The Morgan fingerprint density at radius 1 is 1.30 bits per heavy atom. The van der Waals surface area contributed by atoms with Gasteiger partial charge in [0.1, 0.15) is 6.10 Å². The Morgan fingerprint density at radius 3 is 2.70 bits per heavy atom. The third-order valence-corrected chi connectivity index (χ3v) is 6.78. The van der Waals surface area contributed by atoms with Crippen LogP contribution in [0.2, 0.25) is 0 Å². The summed E-state index contributed by atoms with van der Waals surface area (Å²) < 4.78 is 6.69. The lowest BCUT2D eigenvalue weighted by molar-refractivity contribution is -0.387. The third kappa shape index (κ3) is 4.09. The maximum atomic E-state index is 12.1. The zero-order valence-corrected chi connectivity index (χ0v) is 15.3. The molecule has 12 heteroatoms. The van der Waals surface area contributed by atoms with E-state index in [0.29, 0.717) is 4.90 Å². The van der Waals surface area contributed by atoms with Gasteiger partial charge in [0, 0.05) is 18.3 Å². The van der Waals surface area contributed by atoms with Crippen molar-refractivity contribution in [3.8, 4) is 0 Å². The van der Waals surface area contributed by atoms with Gasteiger partial charge in [-0.15, -0.1) is 0 Å². The lowest BCUT2D eigenvalue weighted by Gasteiger charge is -2.20. The van der Waals surface area contributed by atoms with Crippen LogP contribution >= 0.6 is 21.6 Å². The zero-order valence-electron chi connectivity index (χ0n) is 13.6. The van der Waals surface area contributed by atoms with Crippen molar-refractivity contribution in [2.75, 3.05) is 6.61 Å². The summed E-state index contributed by atoms with van der Waals surface area (Å²) in [5.74, 6) is 0. The molecule has 1 unspecified atom stereocenters. The van der Waals surface area contributed by atoms with Crippen molar-refractivity contribution >= 4 is 27.3 Å². The molecule has 0 spiro atoms. The Hall–Kier alpha value is -2.12. The number of nitrogens with zero attached hydrogens (tertiary/aromatic N) is 2. The molecular formula is C15H15N3O7S2. The van der Waals surface area contributed by atoms with E-state index < -0.39 is 46.5 Å². The molecule has 27 heavy (non-hydrogen) atoms. The monoisotopic (exact) mass is 413 g/mol. The number of rotatable bonds is 6. The van der Waals surface area contributed by atoms with Gasteiger partial charge in [-0.25, -0.2) is 4.79 Å². The molecule has 1 aromatic heterocycles. The molecular weight excluding hydrogens is 398 g/mol. The van der Waals surface area contributed by atoms with Gasteiger partial charge in [0.15, 0.2) is 6.23 Å². The van der Waals surface area contributed by atoms with Gasteiger partial charge in [-0.2, -0.15) is 0 Å². The molecule has 1 aromatic carbocycles. The van der Waals surface area contributed by atoms with E-state index in [9.17, 15) is 29.9 Å². The molecule has 3 N–H and O–H groups in total. The Balaban J connectivity index is 1.88. The van der Waals surface area contributed by atoms with Crippen LogP contribution in [0.25, 0.3) is 0 Å². The van der Waals surface area contributed by atoms with Gasteiger partial charge in [-0.05, 0) is 16.9 Å². The van der Waals surface area contributed by atoms with Crippen LogP contribution < -0.4 is 11.2 Å². The maximum absolute atomic E-state index is 12.1. The van der Waals surface area contributed by atoms with Gasteiger partial charge in [0.2, 0.25) is 0 Å². The van der Waals surface area contributed by atoms with Crippen molar-refractivity contribution in [2.45, 2.75) is 28.6 Å². The van der Waals surface area contributed by atoms with Crippen LogP contribution in [0, 0.1) is 10.1 Å². The lowest BCUT2D eigenvalue weighted by atomic mass is 10.2. The van der Waals surface area contributed by atoms with E-state index in [1.165, 1.54) is 12.3 Å². The van der Waals surface area contributed by atoms with Gasteiger partial charge in [0.25, 0.3) is 11.2 Å². The minimum absolute atomic E-state index is 0.0835. The van der Waals surface area contributed by atoms with Crippen molar-refractivity contribution < 1.29 is 19.9 Å². The Labute approximate surface area is 159 Å². The highest BCUT2D eigenvalue weighted by molar-refractivity contribution is 8.77. The number of nitro benzene ring substituents is 1. The first-order valence-electron chi connectivity index (χ1n) is 7.75. The summed E-state index contributed by atoms with van der Waals surface area (Å²) in [6.07, 6.45) is -1.79. The standard InChI is InChI=1S/C15H15N3O7S2/c19-7-9-12(21)13(14(25-9)17-6-5-11(20)16-15(17)22)27-26-10-4-2-1-3-8(10)18(23)24/h1-6,9,12-14,19,21H,7H2,(H,16,20,22)/t9-,12-,13?,14-/m1/s1. The van der Waals surface area contributed by atoms with Gasteiger partial charge in [0.05, 0.1) is 27.8 Å². The first-order valence-corrected chi connectivity index (χ1v) is 9.96. The lowest BCUT2D eigenvalue weighted by Crippen LogP contribution is -2.36. The zero-order chi connectivity index (χ0) is 19.6. The number of hydrogen-bond donors (Lipinski definition) is 3. The van der Waals surface area contributed by atoms with E-state index in [0.717, 1.165) is 32.2 Å². The van der Waals surface area contributed by atoms with Crippen molar-refractivity contribution in [1.82, 2.24) is 9.55 Å². The fourth-order valence-electron chi connectivity index (χ4n) is 2.61. The quantitative estimate of drug-likeness (QED) is 0.350. The number of benzene rings is 1. The minimum atomic E-state index is -1.13. The summed E-state index contributed by atoms with van der Waals surface area (Å²) >= 11 is 0. The van der Waals surface area contributed by atoms with Crippen molar-refractivity contribution in [2.24, 2.45) is 0 Å². The molecule has 10 nitrogen and oxygen atoms in total. The predicted octanol–water partition coefficient (Wildman–Crippen LogP) is 0.504. The van der Waals surface area contributed by atoms with Crippen LogP contribution in [-0.4, -0.2) is 48.8 Å². The van der Waals surface area contributed by atoms with E-state index in [4.69, 9.17) is 4.74 Å². The molecule has 1 aliphatic heterocycles. The first-order chi connectivity index (χ1) is 12.9. The molecule has 3 rings (SSSR count). The van der Waals surface area contributed by atoms with E-state index in [1.807, 2.05) is 0 Å². The molecule has 0 aliphatic carbocycles. The number of aromatic amines is 1. The van der Waals surface area contributed by atoms with Crippen LogP contribution in [-0.2, 0) is 4.74 Å². The fraction of sp³-hybridized carbons (Fsp3) is 0.333. The summed E-state index contributed by atoms with van der Waals surface area (Å²) in [5, 5.41) is 30.3. The number of H-pyrrole nitrogens is 1. The Bertz CT molecular complexity index is 947. The summed E-state index contributed by atoms with van der Waals surface area (Å²) in [6.45, 7) is -0.469. The van der Waals surface area contributed by atoms with Gasteiger partial charge < -0.3 is 14.9 Å². The summed E-state index contributed by atoms with van der Waals surface area (Å²) in [6, 6.07) is 7.27. The minimum Gasteiger partial charge on any atom is -0.394 e. The van der Waals surface area contributed by atoms with Crippen LogP contribution in [0.5, 0.6) is 0 Å². The first kappa shape index (κ1) is 19.6. The van der Waals surface area contributed by atoms with Gasteiger partial charge in [-0.1, -0.05) is 22.9 Å². The molecule has 2 heterocycles. The molecule has 0 amide bonds. The molecule has 1 saturated heterocycles. The largest absolute Gasteiger partial charge is 0.394 e. The van der Waals surface area contributed by atoms with E-state index in [-0.39, 0.29) is 5.69 Å². The average molecular weight is 413 g/mol. The molecule has 2 aromatic rings. The molecule has 4 atom stereocenters. The number of ether oxygens (including phenoxy) is 1. The second kappa shape index (κ2) is 8.27. The van der Waals surface area contributed by atoms with Crippen LogP contribution in [0.3, 0.4) is 0 Å². The van der Waals surface area contributed by atoms with Crippen LogP contribution in [0.4, 0.5) is 5.69 Å². The van der Waals surface area contributed by atoms with Crippen molar-refractivity contribution in [3.63, 3.8) is 0 Å². The third-order valence-electron chi connectivity index (χ3n) is 3.93. The number of hydrogen-bond acceptors (Lipinski definition) is 9. The summed E-state index contributed by atoms with van der Waals surface area (Å²) in [4.78, 5) is 36.4. The number of nitro groups is 1.